The van der Waals surface area contributed by atoms with Crippen molar-refractivity contribution in [1.82, 2.24) is 0 Å². The molecular formula is C5H5NO4. The molecule has 3 N–H and O–H groups in total. The third-order valence-corrected chi connectivity index (χ3v) is 0.815. The Labute approximate surface area is 56.3 Å². The molecule has 0 spiro atoms. The van der Waals surface area contributed by atoms with Crippen LogP contribution in [0.25, 0.3) is 0 Å². The van der Waals surface area contributed by atoms with E-state index in [1.165, 1.54) is 0 Å². The first-order chi connectivity index (χ1) is 4.70. The van der Waals surface area contributed by atoms with Gasteiger partial charge in [-0.3, -0.25) is 0 Å². The molecule has 1 aliphatic rings. The summed E-state index contributed by atoms with van der Waals surface area (Å²) in [6.45, 7) is 0. The molecule has 1 aliphatic heterocycles. The monoisotopic (exact) mass is 143 g/mol. The van der Waals surface area contributed by atoms with Gasteiger partial charge in [0.15, 0.2) is 6.26 Å². The Bertz CT molecular complexity index is 218. The van der Waals surface area contributed by atoms with Gasteiger partial charge in [-0.15, -0.1) is 0 Å². The van der Waals surface area contributed by atoms with Gasteiger partial charge in [-0.2, -0.15) is 0 Å². The van der Waals surface area contributed by atoms with E-state index in [1.54, 1.807) is 0 Å². The number of carboxylic acids is 1. The predicted octanol–water partition coefficient (Wildman–Crippen LogP) is -0.283. The summed E-state index contributed by atoms with van der Waals surface area (Å²) in [6, 6.07) is 0. The van der Waals surface area contributed by atoms with Gasteiger partial charge in [0.05, 0.1) is 0 Å². The molecule has 1 heterocycles. The van der Waals surface area contributed by atoms with E-state index in [1.807, 2.05) is 0 Å². The van der Waals surface area contributed by atoms with Crippen molar-refractivity contribution in [2.24, 2.45) is 5.73 Å². The molecule has 0 bridgehead atoms. The van der Waals surface area contributed by atoms with Crippen LogP contribution in [0.3, 0.4) is 0 Å². The first kappa shape index (κ1) is 6.47. The maximum absolute atomic E-state index is 10.1. The van der Waals surface area contributed by atoms with Crippen LogP contribution in [0.5, 0.6) is 0 Å². The summed E-state index contributed by atoms with van der Waals surface area (Å²) in [7, 11) is 0. The van der Waals surface area contributed by atoms with Crippen LogP contribution in [0.1, 0.15) is 0 Å². The lowest BCUT2D eigenvalue weighted by molar-refractivity contribution is -0.136. The van der Waals surface area contributed by atoms with Crippen LogP contribution in [0.2, 0.25) is 0 Å². The van der Waals surface area contributed by atoms with Gasteiger partial charge in [-0.05, 0) is 0 Å². The van der Waals surface area contributed by atoms with Gasteiger partial charge in [0.25, 0.3) is 0 Å². The van der Waals surface area contributed by atoms with Gasteiger partial charge in [0.1, 0.15) is 6.26 Å². The second-order valence-electron chi connectivity index (χ2n) is 1.54. The number of carbonyl (C=O) groups is 1. The highest BCUT2D eigenvalue weighted by molar-refractivity contribution is 5.84. The maximum atomic E-state index is 10.1. The van der Waals surface area contributed by atoms with E-state index in [0.29, 0.717) is 0 Å². The molecule has 0 fully saturated rings. The molecule has 0 aromatic rings. The zero-order valence-electron chi connectivity index (χ0n) is 4.90. The van der Waals surface area contributed by atoms with E-state index in [9.17, 15) is 4.79 Å². The van der Waals surface area contributed by atoms with Crippen LogP contribution >= 0.6 is 0 Å². The van der Waals surface area contributed by atoms with Gasteiger partial charge >= 0.3 is 5.97 Å². The van der Waals surface area contributed by atoms with Crippen molar-refractivity contribution in [1.29, 1.82) is 0 Å². The molecule has 54 valence electrons. The second-order valence-corrected chi connectivity index (χ2v) is 1.54. The van der Waals surface area contributed by atoms with Crippen molar-refractivity contribution in [3.63, 3.8) is 0 Å². The van der Waals surface area contributed by atoms with Gasteiger partial charge < -0.3 is 20.3 Å². The average molecular weight is 143 g/mol. The van der Waals surface area contributed by atoms with Crippen LogP contribution in [0.15, 0.2) is 24.2 Å². The van der Waals surface area contributed by atoms with Gasteiger partial charge in [0, 0.05) is 0 Å². The molecular weight excluding hydrogens is 138 g/mol. The minimum Gasteiger partial charge on any atom is -0.475 e. The van der Waals surface area contributed by atoms with E-state index in [2.05, 4.69) is 9.47 Å². The van der Waals surface area contributed by atoms with E-state index >= 15 is 0 Å². The minimum absolute atomic E-state index is 0.0324. The maximum Gasteiger partial charge on any atom is 0.375 e. The summed E-state index contributed by atoms with van der Waals surface area (Å²) < 4.78 is 9.02. The smallest absolute Gasteiger partial charge is 0.375 e. The first-order valence-electron chi connectivity index (χ1n) is 2.42. The summed E-state index contributed by atoms with van der Waals surface area (Å²) in [5, 5.41) is 8.28. The molecule has 0 aromatic carbocycles. The van der Waals surface area contributed by atoms with Crippen molar-refractivity contribution in [3.05, 3.63) is 24.2 Å². The van der Waals surface area contributed by atoms with Gasteiger partial charge in [-0.1, -0.05) is 0 Å². The molecule has 1 rings (SSSR count). The van der Waals surface area contributed by atoms with Crippen LogP contribution in [0, 0.1) is 0 Å². The van der Waals surface area contributed by atoms with E-state index in [-0.39, 0.29) is 11.6 Å². The van der Waals surface area contributed by atoms with Crippen molar-refractivity contribution in [2.75, 3.05) is 0 Å². The molecule has 5 nitrogen and oxygen atoms in total. The molecule has 0 saturated heterocycles. The SMILES string of the molecule is NC1=COC(C(=O)O)=CO1. The van der Waals surface area contributed by atoms with Crippen LogP contribution in [-0.2, 0) is 14.3 Å². The third-order valence-electron chi connectivity index (χ3n) is 0.815. The fourth-order valence-corrected chi connectivity index (χ4v) is 0.399. The second kappa shape index (κ2) is 2.30. The molecule has 5 heteroatoms. The quantitative estimate of drug-likeness (QED) is 0.527. The summed E-state index contributed by atoms with van der Waals surface area (Å²) in [5.74, 6) is -1.44. The highest BCUT2D eigenvalue weighted by atomic mass is 16.6. The van der Waals surface area contributed by atoms with Crippen molar-refractivity contribution in [3.8, 4) is 0 Å². The summed E-state index contributed by atoms with van der Waals surface area (Å²) >= 11 is 0. The lowest BCUT2D eigenvalue weighted by atomic mass is 10.5. The Balaban J connectivity index is 2.62. The number of carboxylic acid groups (broad SMARTS) is 1. The molecule has 0 aliphatic carbocycles. The fraction of sp³-hybridized carbons (Fsp3) is 0. The zero-order chi connectivity index (χ0) is 7.56. The Morgan fingerprint density at radius 3 is 2.60 bits per heavy atom. The summed E-state index contributed by atoms with van der Waals surface area (Å²) in [5.41, 5.74) is 5.07. The number of hydrogen-bond acceptors (Lipinski definition) is 4. The molecule has 0 amide bonds. The summed E-state index contributed by atoms with van der Waals surface area (Å²) in [6.07, 6.45) is 1.95. The largest absolute Gasteiger partial charge is 0.475 e. The molecule has 0 radical (unpaired) electrons. The highest BCUT2D eigenvalue weighted by Gasteiger charge is 2.12. The van der Waals surface area contributed by atoms with E-state index in [0.717, 1.165) is 12.5 Å². The van der Waals surface area contributed by atoms with Gasteiger partial charge in [0.2, 0.25) is 11.6 Å². The van der Waals surface area contributed by atoms with Crippen molar-refractivity contribution in [2.45, 2.75) is 0 Å². The standard InChI is InChI=1S/C5H5NO4/c6-4-2-9-3(1-10-4)5(7)8/h1-2H,6H2,(H,7,8). The lowest BCUT2D eigenvalue weighted by Gasteiger charge is -2.07. The Kier molecular flexibility index (Phi) is 1.49. The normalized spacial score (nSPS) is 16.0. The third kappa shape index (κ3) is 1.19. The number of ether oxygens (including phenoxy) is 2. The molecule has 0 atom stereocenters. The van der Waals surface area contributed by atoms with Crippen LogP contribution < -0.4 is 5.73 Å². The fourth-order valence-electron chi connectivity index (χ4n) is 0.399. The van der Waals surface area contributed by atoms with Crippen LogP contribution in [0.4, 0.5) is 0 Å². The Morgan fingerprint density at radius 1 is 1.50 bits per heavy atom. The number of nitrogens with two attached hydrogens (primary N) is 1. The number of rotatable bonds is 1. The molecule has 0 aromatic heterocycles. The zero-order valence-corrected chi connectivity index (χ0v) is 4.90. The number of aliphatic carboxylic acids is 1. The molecule has 0 unspecified atom stereocenters. The number of hydrogen-bond donors (Lipinski definition) is 2. The van der Waals surface area contributed by atoms with E-state index in [4.69, 9.17) is 10.8 Å². The Hall–Kier alpha value is -1.65. The lowest BCUT2D eigenvalue weighted by Crippen LogP contribution is -2.10. The highest BCUT2D eigenvalue weighted by Crippen LogP contribution is 2.07. The van der Waals surface area contributed by atoms with Crippen molar-refractivity contribution < 1.29 is 19.4 Å². The molecule has 10 heavy (non-hydrogen) atoms. The Morgan fingerprint density at radius 2 is 2.20 bits per heavy atom. The average Bonchev–Trinajstić information content (AvgIpc) is 1.88. The summed E-state index contributed by atoms with van der Waals surface area (Å²) in [4.78, 5) is 10.1. The molecule has 0 saturated carbocycles. The predicted molar refractivity (Wildman–Crippen MR) is 30.2 cm³/mol. The topological polar surface area (TPSA) is 81.8 Å². The van der Waals surface area contributed by atoms with E-state index < -0.39 is 5.97 Å². The minimum atomic E-state index is -1.19. The first-order valence-corrected chi connectivity index (χ1v) is 2.42. The van der Waals surface area contributed by atoms with Crippen LogP contribution in [-0.4, -0.2) is 11.1 Å². The van der Waals surface area contributed by atoms with Gasteiger partial charge in [-0.25, -0.2) is 4.79 Å². The van der Waals surface area contributed by atoms with Crippen molar-refractivity contribution >= 4 is 5.97 Å².